The molecule has 1 saturated carbocycles. The van der Waals surface area contributed by atoms with Gasteiger partial charge < -0.3 is 10.6 Å². The first-order valence-corrected chi connectivity index (χ1v) is 5.21. The molecule has 1 amide bonds. The molecule has 3 nitrogen and oxygen atoms in total. The van der Waals surface area contributed by atoms with E-state index in [1.54, 1.807) is 0 Å². The summed E-state index contributed by atoms with van der Waals surface area (Å²) in [5.74, 6) is 0.447. The molecule has 1 atom stereocenters. The molecule has 0 aromatic rings. The van der Waals surface area contributed by atoms with Crippen LogP contribution in [-0.4, -0.2) is 29.9 Å². The quantitative estimate of drug-likeness (QED) is 0.692. The first-order valence-electron chi connectivity index (χ1n) is 5.21. The Morgan fingerprint density at radius 1 is 1.62 bits per heavy atom. The third kappa shape index (κ3) is 2.69. The zero-order chi connectivity index (χ0) is 9.84. The van der Waals surface area contributed by atoms with Crippen molar-refractivity contribution in [3.05, 3.63) is 0 Å². The highest BCUT2D eigenvalue weighted by Crippen LogP contribution is 2.28. The van der Waals surface area contributed by atoms with Gasteiger partial charge in [0, 0.05) is 25.0 Å². The van der Waals surface area contributed by atoms with Crippen molar-refractivity contribution >= 4 is 5.91 Å². The molecule has 1 aliphatic rings. The molecule has 0 aliphatic heterocycles. The molecule has 3 heteroatoms. The van der Waals surface area contributed by atoms with E-state index in [0.717, 1.165) is 13.0 Å². The minimum atomic E-state index is 0.159. The molecule has 1 rings (SSSR count). The van der Waals surface area contributed by atoms with Crippen molar-refractivity contribution in [2.75, 3.05) is 13.1 Å². The Hall–Kier alpha value is -0.570. The molecule has 76 valence electrons. The fourth-order valence-corrected chi connectivity index (χ4v) is 1.46. The van der Waals surface area contributed by atoms with Crippen LogP contribution in [0.1, 0.15) is 33.1 Å². The molecule has 0 bridgehead atoms. The van der Waals surface area contributed by atoms with E-state index in [4.69, 9.17) is 5.73 Å². The fourth-order valence-electron chi connectivity index (χ4n) is 1.46. The van der Waals surface area contributed by atoms with E-state index in [1.807, 2.05) is 11.8 Å². The lowest BCUT2D eigenvalue weighted by Crippen LogP contribution is -2.40. The monoisotopic (exact) mass is 184 g/mol. The lowest BCUT2D eigenvalue weighted by Gasteiger charge is -2.24. The van der Waals surface area contributed by atoms with Crippen molar-refractivity contribution in [1.29, 1.82) is 0 Å². The Kier molecular flexibility index (Phi) is 3.72. The van der Waals surface area contributed by atoms with Crippen molar-refractivity contribution in [3.8, 4) is 0 Å². The normalized spacial score (nSPS) is 18.4. The highest BCUT2D eigenvalue weighted by Gasteiger charge is 2.33. The van der Waals surface area contributed by atoms with E-state index in [2.05, 4.69) is 6.92 Å². The van der Waals surface area contributed by atoms with Gasteiger partial charge in [0.15, 0.2) is 0 Å². The summed E-state index contributed by atoms with van der Waals surface area (Å²) in [5.41, 5.74) is 5.48. The first kappa shape index (κ1) is 10.5. The molecule has 13 heavy (non-hydrogen) atoms. The maximum Gasteiger partial charge on any atom is 0.225 e. The topological polar surface area (TPSA) is 46.3 Å². The number of carbonyl (C=O) groups excluding carboxylic acids is 1. The number of nitrogens with zero attached hydrogens (tertiary/aromatic N) is 1. The van der Waals surface area contributed by atoms with Crippen LogP contribution >= 0.6 is 0 Å². The zero-order valence-corrected chi connectivity index (χ0v) is 8.62. The molecular formula is C10H20N2O. The van der Waals surface area contributed by atoms with E-state index in [1.165, 1.54) is 12.8 Å². The summed E-state index contributed by atoms with van der Waals surface area (Å²) >= 11 is 0. The number of rotatable bonds is 5. The van der Waals surface area contributed by atoms with E-state index < -0.39 is 0 Å². The predicted octanol–water partition coefficient (Wildman–Crippen LogP) is 0.982. The second-order valence-electron chi connectivity index (χ2n) is 3.86. The molecule has 0 heterocycles. The SMILES string of the molecule is CCC(C)C(=O)N(CCN)C1CC1. The summed E-state index contributed by atoms with van der Waals surface area (Å²) < 4.78 is 0. The molecule has 0 aromatic carbocycles. The largest absolute Gasteiger partial charge is 0.338 e. The van der Waals surface area contributed by atoms with E-state index >= 15 is 0 Å². The second kappa shape index (κ2) is 4.61. The van der Waals surface area contributed by atoms with Crippen LogP contribution in [-0.2, 0) is 4.79 Å². The number of hydrogen-bond donors (Lipinski definition) is 1. The molecule has 1 unspecified atom stereocenters. The van der Waals surface area contributed by atoms with Gasteiger partial charge in [-0.15, -0.1) is 0 Å². The van der Waals surface area contributed by atoms with Gasteiger partial charge in [-0.3, -0.25) is 4.79 Å². The number of carbonyl (C=O) groups is 1. The molecule has 0 radical (unpaired) electrons. The lowest BCUT2D eigenvalue weighted by atomic mass is 10.1. The third-order valence-corrected chi connectivity index (χ3v) is 2.67. The van der Waals surface area contributed by atoms with Crippen LogP contribution in [0.3, 0.4) is 0 Å². The summed E-state index contributed by atoms with van der Waals surface area (Å²) in [7, 11) is 0. The van der Waals surface area contributed by atoms with Gasteiger partial charge in [0.1, 0.15) is 0 Å². The number of nitrogens with two attached hydrogens (primary N) is 1. The van der Waals surface area contributed by atoms with Crippen LogP contribution in [0.25, 0.3) is 0 Å². The van der Waals surface area contributed by atoms with Gasteiger partial charge in [-0.2, -0.15) is 0 Å². The van der Waals surface area contributed by atoms with Crippen LogP contribution in [0.2, 0.25) is 0 Å². The van der Waals surface area contributed by atoms with E-state index in [9.17, 15) is 4.79 Å². The average molecular weight is 184 g/mol. The van der Waals surface area contributed by atoms with Gasteiger partial charge >= 0.3 is 0 Å². The van der Waals surface area contributed by atoms with Gasteiger partial charge in [0.2, 0.25) is 5.91 Å². The van der Waals surface area contributed by atoms with Crippen LogP contribution in [0.5, 0.6) is 0 Å². The summed E-state index contributed by atoms with van der Waals surface area (Å²) in [6.07, 6.45) is 3.26. The van der Waals surface area contributed by atoms with E-state index in [0.29, 0.717) is 12.6 Å². The highest BCUT2D eigenvalue weighted by atomic mass is 16.2. The molecule has 1 aliphatic carbocycles. The molecule has 0 spiro atoms. The van der Waals surface area contributed by atoms with Crippen LogP contribution in [0.4, 0.5) is 0 Å². The van der Waals surface area contributed by atoms with Gasteiger partial charge in [-0.05, 0) is 19.3 Å². The predicted molar refractivity (Wildman–Crippen MR) is 53.2 cm³/mol. The Labute approximate surface area is 80.3 Å². The standard InChI is InChI=1S/C10H20N2O/c1-3-8(2)10(13)12(7-6-11)9-4-5-9/h8-9H,3-7,11H2,1-2H3. The molecule has 1 fully saturated rings. The number of amides is 1. The van der Waals surface area contributed by atoms with Crippen molar-refractivity contribution < 1.29 is 4.79 Å². The Balaban J connectivity index is 2.47. The maximum absolute atomic E-state index is 11.8. The number of hydrogen-bond acceptors (Lipinski definition) is 2. The minimum Gasteiger partial charge on any atom is -0.338 e. The third-order valence-electron chi connectivity index (χ3n) is 2.67. The Bertz CT molecular complexity index is 178. The van der Waals surface area contributed by atoms with Crippen molar-refractivity contribution in [2.24, 2.45) is 11.7 Å². The summed E-state index contributed by atoms with van der Waals surface area (Å²) in [5, 5.41) is 0. The van der Waals surface area contributed by atoms with Crippen LogP contribution in [0, 0.1) is 5.92 Å². The highest BCUT2D eigenvalue weighted by molar-refractivity contribution is 5.79. The summed E-state index contributed by atoms with van der Waals surface area (Å²) in [6.45, 7) is 5.36. The van der Waals surface area contributed by atoms with Gasteiger partial charge in [0.05, 0.1) is 0 Å². The Morgan fingerprint density at radius 2 is 2.23 bits per heavy atom. The Morgan fingerprint density at radius 3 is 2.62 bits per heavy atom. The van der Waals surface area contributed by atoms with Gasteiger partial charge in [-0.1, -0.05) is 13.8 Å². The van der Waals surface area contributed by atoms with Crippen molar-refractivity contribution in [3.63, 3.8) is 0 Å². The summed E-state index contributed by atoms with van der Waals surface area (Å²) in [6, 6.07) is 0.505. The van der Waals surface area contributed by atoms with Crippen LogP contribution in [0.15, 0.2) is 0 Å². The summed E-state index contributed by atoms with van der Waals surface area (Å²) in [4.78, 5) is 13.8. The zero-order valence-electron chi connectivity index (χ0n) is 8.62. The van der Waals surface area contributed by atoms with Crippen LogP contribution < -0.4 is 5.73 Å². The smallest absolute Gasteiger partial charge is 0.225 e. The van der Waals surface area contributed by atoms with Gasteiger partial charge in [-0.25, -0.2) is 0 Å². The molecular weight excluding hydrogens is 164 g/mol. The van der Waals surface area contributed by atoms with Crippen molar-refractivity contribution in [2.45, 2.75) is 39.2 Å². The molecule has 2 N–H and O–H groups in total. The lowest BCUT2D eigenvalue weighted by molar-refractivity contribution is -0.135. The molecule has 0 aromatic heterocycles. The maximum atomic E-state index is 11.8. The second-order valence-corrected chi connectivity index (χ2v) is 3.86. The minimum absolute atomic E-state index is 0.159. The first-order chi connectivity index (χ1) is 6.20. The fraction of sp³-hybridized carbons (Fsp3) is 0.900. The van der Waals surface area contributed by atoms with E-state index in [-0.39, 0.29) is 11.8 Å². The average Bonchev–Trinajstić information content (AvgIpc) is 2.95. The molecule has 0 saturated heterocycles. The van der Waals surface area contributed by atoms with Crippen molar-refractivity contribution in [1.82, 2.24) is 4.90 Å². The van der Waals surface area contributed by atoms with Gasteiger partial charge in [0.25, 0.3) is 0 Å².